The number of alkyl halides is 1. The predicted octanol–water partition coefficient (Wildman–Crippen LogP) is 2.74. The molecule has 1 aliphatic carbocycles. The maximum atomic E-state index is 13.3. The number of ether oxygens (including phenoxy) is 1. The third kappa shape index (κ3) is 1.20. The molecular formula is C10H13FO. The van der Waals surface area contributed by atoms with Crippen LogP contribution in [0.5, 0.6) is 0 Å². The van der Waals surface area contributed by atoms with E-state index in [1.54, 1.807) is 6.08 Å². The smallest absolute Gasteiger partial charge is 0.260 e. The first-order valence-electron chi connectivity index (χ1n) is 4.51. The average molecular weight is 168 g/mol. The Morgan fingerprint density at radius 1 is 1.67 bits per heavy atom. The Morgan fingerprint density at radius 3 is 3.25 bits per heavy atom. The van der Waals surface area contributed by atoms with Crippen LogP contribution >= 0.6 is 0 Å². The number of hydrogen-bond acceptors (Lipinski definition) is 1. The highest BCUT2D eigenvalue weighted by atomic mass is 19.2. The van der Waals surface area contributed by atoms with Crippen LogP contribution in [0.1, 0.15) is 26.2 Å². The summed E-state index contributed by atoms with van der Waals surface area (Å²) in [6.07, 6.45) is 8.21. The van der Waals surface area contributed by atoms with Gasteiger partial charge >= 0.3 is 0 Å². The molecule has 66 valence electrons. The van der Waals surface area contributed by atoms with Crippen LogP contribution < -0.4 is 0 Å². The Hall–Kier alpha value is -0.630. The van der Waals surface area contributed by atoms with Gasteiger partial charge in [-0.25, -0.2) is 4.39 Å². The average Bonchev–Trinajstić information content (AvgIpc) is 2.73. The van der Waals surface area contributed by atoms with E-state index >= 15 is 0 Å². The summed E-state index contributed by atoms with van der Waals surface area (Å²) in [4.78, 5) is 0. The van der Waals surface area contributed by atoms with Crippen LogP contribution in [-0.2, 0) is 4.74 Å². The number of halogens is 1. The first kappa shape index (κ1) is 7.99. The fourth-order valence-electron chi connectivity index (χ4n) is 1.59. The summed E-state index contributed by atoms with van der Waals surface area (Å²) in [7, 11) is 0. The minimum Gasteiger partial charge on any atom is -0.326 e. The summed E-state index contributed by atoms with van der Waals surface area (Å²) in [5.74, 6) is -1.43. The van der Waals surface area contributed by atoms with E-state index in [1.165, 1.54) is 6.08 Å². The fourth-order valence-corrected chi connectivity index (χ4v) is 1.59. The third-order valence-corrected chi connectivity index (χ3v) is 2.39. The molecular weight excluding hydrogens is 155 g/mol. The van der Waals surface area contributed by atoms with E-state index in [0.29, 0.717) is 0 Å². The molecule has 0 radical (unpaired) electrons. The molecule has 0 bridgehead atoms. The molecule has 1 heterocycles. The van der Waals surface area contributed by atoms with Crippen LogP contribution in [0, 0.1) is 0 Å². The van der Waals surface area contributed by atoms with Gasteiger partial charge < -0.3 is 4.74 Å². The lowest BCUT2D eigenvalue weighted by molar-refractivity contribution is 0.192. The molecule has 2 unspecified atom stereocenters. The Morgan fingerprint density at radius 2 is 2.50 bits per heavy atom. The van der Waals surface area contributed by atoms with E-state index in [0.717, 1.165) is 24.8 Å². The van der Waals surface area contributed by atoms with Gasteiger partial charge in [0, 0.05) is 0 Å². The number of epoxide rings is 1. The monoisotopic (exact) mass is 168 g/mol. The van der Waals surface area contributed by atoms with Crippen molar-refractivity contribution >= 4 is 0 Å². The molecule has 0 amide bonds. The quantitative estimate of drug-likeness (QED) is 0.590. The zero-order valence-corrected chi connectivity index (χ0v) is 7.22. The van der Waals surface area contributed by atoms with E-state index in [-0.39, 0.29) is 6.10 Å². The van der Waals surface area contributed by atoms with Crippen molar-refractivity contribution in [3.8, 4) is 0 Å². The summed E-state index contributed by atoms with van der Waals surface area (Å²) in [5, 5.41) is 0. The Balaban J connectivity index is 1.99. The minimum absolute atomic E-state index is 0.256. The molecule has 12 heavy (non-hydrogen) atoms. The molecule has 2 aliphatic rings. The molecule has 0 spiro atoms. The van der Waals surface area contributed by atoms with Gasteiger partial charge in [0.2, 0.25) is 0 Å². The highest BCUT2D eigenvalue weighted by Gasteiger charge is 2.58. The van der Waals surface area contributed by atoms with Gasteiger partial charge in [-0.1, -0.05) is 25.5 Å². The highest BCUT2D eigenvalue weighted by Crippen LogP contribution is 2.47. The van der Waals surface area contributed by atoms with Gasteiger partial charge in [-0.2, -0.15) is 0 Å². The molecule has 0 aromatic carbocycles. The first-order valence-corrected chi connectivity index (χ1v) is 4.51. The van der Waals surface area contributed by atoms with E-state index in [1.807, 2.05) is 6.08 Å². The lowest BCUT2D eigenvalue weighted by atomic mass is 9.99. The lowest BCUT2D eigenvalue weighted by Crippen LogP contribution is -2.09. The van der Waals surface area contributed by atoms with Gasteiger partial charge in [-0.3, -0.25) is 0 Å². The van der Waals surface area contributed by atoms with Crippen molar-refractivity contribution in [2.24, 2.45) is 0 Å². The zero-order valence-electron chi connectivity index (χ0n) is 7.22. The van der Waals surface area contributed by atoms with Gasteiger partial charge in [-0.05, 0) is 24.5 Å². The normalized spacial score (nSPS) is 37.5. The van der Waals surface area contributed by atoms with Crippen LogP contribution in [0.15, 0.2) is 23.8 Å². The van der Waals surface area contributed by atoms with E-state index in [9.17, 15) is 4.39 Å². The summed E-state index contributed by atoms with van der Waals surface area (Å²) in [5.41, 5.74) is 1.11. The molecule has 0 aromatic heterocycles. The van der Waals surface area contributed by atoms with Crippen molar-refractivity contribution in [1.82, 2.24) is 0 Å². The molecule has 2 atom stereocenters. The summed E-state index contributed by atoms with van der Waals surface area (Å²) >= 11 is 0. The minimum atomic E-state index is -1.43. The highest BCUT2D eigenvalue weighted by molar-refractivity contribution is 5.34. The van der Waals surface area contributed by atoms with Crippen LogP contribution in [0.25, 0.3) is 0 Å². The second-order valence-electron chi connectivity index (χ2n) is 3.40. The molecule has 0 saturated carbocycles. The van der Waals surface area contributed by atoms with Gasteiger partial charge in [0.15, 0.2) is 0 Å². The maximum Gasteiger partial charge on any atom is 0.260 e. The number of fused-ring (bicyclic) bond motifs is 1. The Kier molecular flexibility index (Phi) is 1.80. The fraction of sp³-hybridized carbons (Fsp3) is 0.600. The standard InChI is InChI=1S/C10H13FO/c1-2-3-5-8-6-4-7-10(11)9(8)12-10/h4,6-7,9H,2-3,5H2,1H3. The Labute approximate surface area is 71.9 Å². The molecule has 1 aliphatic heterocycles. The second kappa shape index (κ2) is 2.70. The van der Waals surface area contributed by atoms with Crippen molar-refractivity contribution in [3.05, 3.63) is 23.8 Å². The topological polar surface area (TPSA) is 12.5 Å². The number of unbranched alkanes of at least 4 members (excludes halogenated alkanes) is 1. The molecule has 0 aromatic rings. The summed E-state index contributed by atoms with van der Waals surface area (Å²) in [6.45, 7) is 2.13. The van der Waals surface area contributed by atoms with Crippen LogP contribution in [-0.4, -0.2) is 12.0 Å². The molecule has 1 nitrogen and oxygen atoms in total. The molecule has 2 heteroatoms. The largest absolute Gasteiger partial charge is 0.326 e. The Bertz CT molecular complexity index is 244. The van der Waals surface area contributed by atoms with Gasteiger partial charge in [0.05, 0.1) is 0 Å². The third-order valence-electron chi connectivity index (χ3n) is 2.39. The van der Waals surface area contributed by atoms with Crippen LogP contribution in [0.2, 0.25) is 0 Å². The van der Waals surface area contributed by atoms with Crippen molar-refractivity contribution in [1.29, 1.82) is 0 Å². The molecule has 2 rings (SSSR count). The van der Waals surface area contributed by atoms with Gasteiger partial charge in [-0.15, -0.1) is 0 Å². The number of allylic oxidation sites excluding steroid dienone is 2. The SMILES string of the molecule is CCCCC1=CC=CC2(F)OC12. The predicted molar refractivity (Wildman–Crippen MR) is 45.5 cm³/mol. The maximum absolute atomic E-state index is 13.3. The molecule has 1 saturated heterocycles. The van der Waals surface area contributed by atoms with Gasteiger partial charge in [0.1, 0.15) is 6.10 Å². The van der Waals surface area contributed by atoms with Crippen molar-refractivity contribution in [3.63, 3.8) is 0 Å². The first-order chi connectivity index (χ1) is 5.76. The van der Waals surface area contributed by atoms with Crippen molar-refractivity contribution < 1.29 is 9.13 Å². The zero-order chi connectivity index (χ0) is 8.60. The molecule has 1 fully saturated rings. The number of rotatable bonds is 3. The second-order valence-corrected chi connectivity index (χ2v) is 3.40. The van der Waals surface area contributed by atoms with Gasteiger partial charge in [0.25, 0.3) is 5.85 Å². The van der Waals surface area contributed by atoms with E-state index in [4.69, 9.17) is 4.74 Å². The van der Waals surface area contributed by atoms with Crippen molar-refractivity contribution in [2.45, 2.75) is 38.1 Å². The summed E-state index contributed by atoms with van der Waals surface area (Å²) in [6, 6.07) is 0. The van der Waals surface area contributed by atoms with Crippen molar-refractivity contribution in [2.75, 3.05) is 0 Å². The van der Waals surface area contributed by atoms with E-state index < -0.39 is 5.85 Å². The lowest BCUT2D eigenvalue weighted by Gasteiger charge is -2.05. The van der Waals surface area contributed by atoms with Crippen LogP contribution in [0.4, 0.5) is 4.39 Å². The molecule has 0 N–H and O–H groups in total. The summed E-state index contributed by atoms with van der Waals surface area (Å²) < 4.78 is 18.2. The van der Waals surface area contributed by atoms with Crippen LogP contribution in [0.3, 0.4) is 0 Å². The number of hydrogen-bond donors (Lipinski definition) is 0. The van der Waals surface area contributed by atoms with E-state index in [2.05, 4.69) is 6.92 Å².